The highest BCUT2D eigenvalue weighted by Gasteiger charge is 2.58. The van der Waals surface area contributed by atoms with Gasteiger partial charge in [-0.25, -0.2) is 0 Å². The average molecular weight is 290 g/mol. The van der Waals surface area contributed by atoms with Crippen molar-refractivity contribution in [3.63, 3.8) is 0 Å². The lowest BCUT2D eigenvalue weighted by molar-refractivity contribution is -0.201. The normalized spacial score (nSPS) is 41.7. The minimum Gasteiger partial charge on any atom is -0.454 e. The second-order valence-electron chi connectivity index (χ2n) is 8.28. The molecular formula is C19H30O2. The summed E-state index contributed by atoms with van der Waals surface area (Å²) in [6, 6.07) is 0. The Morgan fingerprint density at radius 2 is 1.67 bits per heavy atom. The van der Waals surface area contributed by atoms with Crippen LogP contribution in [0, 0.1) is 29.1 Å². The number of rotatable bonds is 4. The van der Waals surface area contributed by atoms with Crippen LogP contribution in [0.2, 0.25) is 0 Å². The van der Waals surface area contributed by atoms with Gasteiger partial charge in [-0.1, -0.05) is 13.0 Å². The van der Waals surface area contributed by atoms with Crippen LogP contribution < -0.4 is 0 Å². The van der Waals surface area contributed by atoms with Gasteiger partial charge in [-0.3, -0.25) is 4.79 Å². The van der Waals surface area contributed by atoms with Gasteiger partial charge in [0.15, 0.2) is 0 Å². The predicted octanol–water partition coefficient (Wildman–Crippen LogP) is 4.74. The van der Waals surface area contributed by atoms with Gasteiger partial charge in [-0.15, -0.1) is 0 Å². The first-order chi connectivity index (χ1) is 9.91. The molecule has 0 aliphatic heterocycles. The third-order valence-electron chi connectivity index (χ3n) is 6.55. The van der Waals surface area contributed by atoms with E-state index in [0.717, 1.165) is 18.3 Å². The molecule has 4 aliphatic carbocycles. The summed E-state index contributed by atoms with van der Waals surface area (Å²) in [5, 5.41) is 0. The molecule has 0 saturated heterocycles. The first kappa shape index (κ1) is 15.1. The number of hydrogen-bond donors (Lipinski definition) is 0. The molecule has 4 fully saturated rings. The lowest BCUT2D eigenvalue weighted by Gasteiger charge is -2.59. The van der Waals surface area contributed by atoms with Crippen molar-refractivity contribution < 1.29 is 9.53 Å². The summed E-state index contributed by atoms with van der Waals surface area (Å²) in [6.45, 7) is 8.15. The van der Waals surface area contributed by atoms with Crippen molar-refractivity contribution >= 4 is 5.97 Å². The zero-order chi connectivity index (χ0) is 15.3. The van der Waals surface area contributed by atoms with E-state index < -0.39 is 0 Å². The summed E-state index contributed by atoms with van der Waals surface area (Å²) >= 11 is 0. The van der Waals surface area contributed by atoms with Crippen LogP contribution >= 0.6 is 0 Å². The van der Waals surface area contributed by atoms with Crippen molar-refractivity contribution in [2.24, 2.45) is 29.1 Å². The minimum atomic E-state index is -0.372. The summed E-state index contributed by atoms with van der Waals surface area (Å²) in [6.07, 6.45) is 11.6. The zero-order valence-corrected chi connectivity index (χ0v) is 14.0. The van der Waals surface area contributed by atoms with Gasteiger partial charge in [0.1, 0.15) is 5.60 Å². The molecule has 4 bridgehead atoms. The zero-order valence-electron chi connectivity index (χ0n) is 14.0. The Morgan fingerprint density at radius 3 is 2.10 bits per heavy atom. The van der Waals surface area contributed by atoms with Crippen LogP contribution in [-0.2, 0) is 9.53 Å². The molecule has 0 amide bonds. The van der Waals surface area contributed by atoms with E-state index in [4.69, 9.17) is 4.74 Å². The van der Waals surface area contributed by atoms with Crippen molar-refractivity contribution in [1.29, 1.82) is 0 Å². The van der Waals surface area contributed by atoms with Crippen molar-refractivity contribution in [3.8, 4) is 0 Å². The van der Waals surface area contributed by atoms with Gasteiger partial charge in [-0.05, 0) is 77.2 Å². The molecule has 4 aliphatic rings. The van der Waals surface area contributed by atoms with E-state index in [-0.39, 0.29) is 17.0 Å². The fourth-order valence-electron chi connectivity index (χ4n) is 5.10. The van der Waals surface area contributed by atoms with E-state index in [1.54, 1.807) is 0 Å². The average Bonchev–Trinajstić information content (AvgIpc) is 2.43. The molecule has 0 aromatic carbocycles. The topological polar surface area (TPSA) is 26.3 Å². The van der Waals surface area contributed by atoms with Gasteiger partial charge in [0.2, 0.25) is 0 Å². The number of esters is 1. The molecule has 2 nitrogen and oxygen atoms in total. The first-order valence-corrected chi connectivity index (χ1v) is 8.78. The maximum absolute atomic E-state index is 12.7. The number of carbonyl (C=O) groups is 1. The quantitative estimate of drug-likeness (QED) is 0.552. The van der Waals surface area contributed by atoms with E-state index in [9.17, 15) is 4.79 Å². The Morgan fingerprint density at radius 1 is 1.14 bits per heavy atom. The van der Waals surface area contributed by atoms with Crippen LogP contribution in [0.25, 0.3) is 0 Å². The molecule has 21 heavy (non-hydrogen) atoms. The molecule has 118 valence electrons. The molecule has 0 unspecified atom stereocenters. The fraction of sp³-hybridized carbons (Fsp3) is 0.842. The molecule has 0 radical (unpaired) electrons. The van der Waals surface area contributed by atoms with E-state index in [2.05, 4.69) is 26.0 Å². The molecule has 0 aromatic heterocycles. The van der Waals surface area contributed by atoms with Gasteiger partial charge in [0.25, 0.3) is 0 Å². The third-order valence-corrected chi connectivity index (χ3v) is 6.55. The highest BCUT2D eigenvalue weighted by molar-refractivity contribution is 5.76. The van der Waals surface area contributed by atoms with E-state index in [0.29, 0.717) is 11.8 Å². The molecule has 2 heteroatoms. The first-order valence-electron chi connectivity index (χ1n) is 8.78. The smallest absolute Gasteiger partial charge is 0.312 e. The van der Waals surface area contributed by atoms with Gasteiger partial charge < -0.3 is 4.74 Å². The van der Waals surface area contributed by atoms with Crippen molar-refractivity contribution in [2.45, 2.75) is 71.8 Å². The van der Waals surface area contributed by atoms with Crippen LogP contribution in [0.1, 0.15) is 66.2 Å². The Kier molecular flexibility index (Phi) is 3.70. The Labute approximate surface area is 129 Å². The van der Waals surface area contributed by atoms with Crippen molar-refractivity contribution in [1.82, 2.24) is 0 Å². The van der Waals surface area contributed by atoms with Crippen LogP contribution in [0.5, 0.6) is 0 Å². The van der Waals surface area contributed by atoms with Gasteiger partial charge >= 0.3 is 5.97 Å². The van der Waals surface area contributed by atoms with Crippen LogP contribution in [-0.4, -0.2) is 11.6 Å². The number of allylic oxidation sites excluding steroid dienone is 1. The van der Waals surface area contributed by atoms with Gasteiger partial charge in [0.05, 0.1) is 5.41 Å². The third kappa shape index (κ3) is 2.35. The summed E-state index contributed by atoms with van der Waals surface area (Å²) in [7, 11) is 0. The minimum absolute atomic E-state index is 0.00410. The van der Waals surface area contributed by atoms with Crippen LogP contribution in [0.3, 0.4) is 0 Å². The number of hydrogen-bond acceptors (Lipinski definition) is 2. The highest BCUT2D eigenvalue weighted by atomic mass is 16.6. The Bertz CT molecular complexity index is 418. The molecule has 0 aromatic rings. The van der Waals surface area contributed by atoms with Crippen molar-refractivity contribution in [2.75, 3.05) is 0 Å². The molecule has 0 atom stereocenters. The van der Waals surface area contributed by atoms with Crippen molar-refractivity contribution in [3.05, 3.63) is 12.2 Å². The molecule has 4 saturated carbocycles. The molecule has 0 N–H and O–H groups in total. The maximum Gasteiger partial charge on any atom is 0.312 e. The fourth-order valence-corrected chi connectivity index (χ4v) is 5.10. The molecular weight excluding hydrogens is 260 g/mol. The van der Waals surface area contributed by atoms with Crippen LogP contribution in [0.4, 0.5) is 0 Å². The predicted molar refractivity (Wildman–Crippen MR) is 84.8 cm³/mol. The lowest BCUT2D eigenvalue weighted by Crippen LogP contribution is -2.59. The summed E-state index contributed by atoms with van der Waals surface area (Å²) in [4.78, 5) is 12.7. The second kappa shape index (κ2) is 5.14. The van der Waals surface area contributed by atoms with Gasteiger partial charge in [0, 0.05) is 11.8 Å². The molecule has 0 spiro atoms. The van der Waals surface area contributed by atoms with E-state index >= 15 is 0 Å². The van der Waals surface area contributed by atoms with E-state index in [1.165, 1.54) is 32.1 Å². The van der Waals surface area contributed by atoms with E-state index in [1.807, 2.05) is 13.8 Å². The second-order valence-corrected chi connectivity index (χ2v) is 8.28. The monoisotopic (exact) mass is 290 g/mol. The largest absolute Gasteiger partial charge is 0.454 e. The standard InChI is InChI=1S/C19H30O2/c1-5-7-19(21-17(20)18(3,4)6-2)15-9-13-8-14(11-15)12-16(19)10-13/h5,7,13-16H,6,8-12H2,1-4H3/b7-5-. The number of ether oxygens (including phenoxy) is 1. The number of carbonyl (C=O) groups excluding carboxylic acids is 1. The summed E-state index contributed by atoms with van der Waals surface area (Å²) in [5.41, 5.74) is -0.672. The molecule has 0 heterocycles. The molecule has 4 rings (SSSR count). The van der Waals surface area contributed by atoms with Crippen LogP contribution in [0.15, 0.2) is 12.2 Å². The van der Waals surface area contributed by atoms with Gasteiger partial charge in [-0.2, -0.15) is 0 Å². The SMILES string of the molecule is C/C=C\C1(OC(=O)C(C)(C)CC)C2CC3CC(C2)CC1C3. The summed E-state index contributed by atoms with van der Waals surface area (Å²) < 4.78 is 6.29. The maximum atomic E-state index is 12.7. The summed E-state index contributed by atoms with van der Waals surface area (Å²) in [5.74, 6) is 2.89. The highest BCUT2D eigenvalue weighted by Crippen LogP contribution is 2.60. The Balaban J connectivity index is 1.89. The lowest BCUT2D eigenvalue weighted by atomic mass is 9.49. The Hall–Kier alpha value is -0.790.